The molecule has 0 saturated carbocycles. The molecule has 6 heteroatoms. The smallest absolute Gasteiger partial charge is 0.236 e. The molecule has 0 bridgehead atoms. The summed E-state index contributed by atoms with van der Waals surface area (Å²) in [6, 6.07) is 0.270. The standard InChI is InChI=1S/C13H26N4O2/c14-12-1-3-17(4-2-12)13(19)11-16-7-5-15(6-8-16)9-10-18/h12,18H,1-11,14H2. The molecule has 2 aliphatic rings. The van der Waals surface area contributed by atoms with Gasteiger partial charge in [-0.15, -0.1) is 0 Å². The summed E-state index contributed by atoms with van der Waals surface area (Å²) in [6.45, 7) is 6.82. The zero-order valence-electron chi connectivity index (χ0n) is 11.6. The lowest BCUT2D eigenvalue weighted by Gasteiger charge is -2.36. The van der Waals surface area contributed by atoms with Crippen molar-refractivity contribution >= 4 is 5.91 Å². The minimum atomic E-state index is 0.215. The van der Waals surface area contributed by atoms with Crippen molar-refractivity contribution < 1.29 is 9.90 Å². The molecule has 0 aromatic rings. The van der Waals surface area contributed by atoms with Crippen LogP contribution in [0.15, 0.2) is 0 Å². The Morgan fingerprint density at radius 2 is 1.63 bits per heavy atom. The summed E-state index contributed by atoms with van der Waals surface area (Å²) in [6.07, 6.45) is 1.85. The highest BCUT2D eigenvalue weighted by Gasteiger charge is 2.24. The minimum Gasteiger partial charge on any atom is -0.395 e. The maximum absolute atomic E-state index is 12.2. The van der Waals surface area contributed by atoms with E-state index >= 15 is 0 Å². The normalized spacial score (nSPS) is 23.8. The van der Waals surface area contributed by atoms with Crippen molar-refractivity contribution in [1.82, 2.24) is 14.7 Å². The first-order valence-electron chi connectivity index (χ1n) is 7.28. The van der Waals surface area contributed by atoms with Gasteiger partial charge in [0.05, 0.1) is 13.2 Å². The van der Waals surface area contributed by atoms with Crippen molar-refractivity contribution in [3.8, 4) is 0 Å². The molecule has 3 N–H and O–H groups in total. The molecule has 2 heterocycles. The van der Waals surface area contributed by atoms with Crippen molar-refractivity contribution in [2.24, 2.45) is 5.73 Å². The number of hydrogen-bond donors (Lipinski definition) is 2. The van der Waals surface area contributed by atoms with Crippen LogP contribution in [-0.2, 0) is 4.79 Å². The predicted octanol–water partition coefficient (Wildman–Crippen LogP) is -1.45. The summed E-state index contributed by atoms with van der Waals surface area (Å²) in [5, 5.41) is 8.90. The third-order valence-corrected chi connectivity index (χ3v) is 4.13. The van der Waals surface area contributed by atoms with Crippen LogP contribution >= 0.6 is 0 Å². The fraction of sp³-hybridized carbons (Fsp3) is 0.923. The first-order valence-corrected chi connectivity index (χ1v) is 7.28. The van der Waals surface area contributed by atoms with Crippen molar-refractivity contribution in [2.75, 3.05) is 59.0 Å². The van der Waals surface area contributed by atoms with Gasteiger partial charge in [0.2, 0.25) is 5.91 Å². The molecule has 0 spiro atoms. The molecule has 0 aromatic heterocycles. The number of rotatable bonds is 4. The van der Waals surface area contributed by atoms with Crippen molar-refractivity contribution in [3.63, 3.8) is 0 Å². The number of amides is 1. The van der Waals surface area contributed by atoms with Gasteiger partial charge < -0.3 is 15.7 Å². The lowest BCUT2D eigenvalue weighted by atomic mass is 10.1. The van der Waals surface area contributed by atoms with Crippen LogP contribution in [0.2, 0.25) is 0 Å². The van der Waals surface area contributed by atoms with E-state index in [1.54, 1.807) is 0 Å². The Morgan fingerprint density at radius 3 is 2.21 bits per heavy atom. The number of piperidine rings is 1. The van der Waals surface area contributed by atoms with E-state index < -0.39 is 0 Å². The monoisotopic (exact) mass is 270 g/mol. The average Bonchev–Trinajstić information content (AvgIpc) is 2.42. The lowest BCUT2D eigenvalue weighted by Crippen LogP contribution is -2.52. The number of carbonyl (C=O) groups excluding carboxylic acids is 1. The summed E-state index contributed by atoms with van der Waals surface area (Å²) in [5.74, 6) is 0.238. The first-order chi connectivity index (χ1) is 9.19. The highest BCUT2D eigenvalue weighted by Crippen LogP contribution is 2.09. The van der Waals surface area contributed by atoms with Crippen LogP contribution in [0.4, 0.5) is 0 Å². The van der Waals surface area contributed by atoms with Gasteiger partial charge in [0.25, 0.3) is 0 Å². The summed E-state index contributed by atoms with van der Waals surface area (Å²) < 4.78 is 0. The Hall–Kier alpha value is -0.690. The average molecular weight is 270 g/mol. The molecular weight excluding hydrogens is 244 g/mol. The number of piperazine rings is 1. The van der Waals surface area contributed by atoms with Gasteiger partial charge in [-0.3, -0.25) is 14.6 Å². The zero-order valence-corrected chi connectivity index (χ0v) is 11.6. The van der Waals surface area contributed by atoms with Gasteiger partial charge in [-0.2, -0.15) is 0 Å². The van der Waals surface area contributed by atoms with Crippen LogP contribution in [0.1, 0.15) is 12.8 Å². The molecule has 0 aromatic carbocycles. The first kappa shape index (κ1) is 14.7. The van der Waals surface area contributed by atoms with Crippen LogP contribution in [0.3, 0.4) is 0 Å². The van der Waals surface area contributed by atoms with Crippen molar-refractivity contribution in [3.05, 3.63) is 0 Å². The molecular formula is C13H26N4O2. The quantitative estimate of drug-likeness (QED) is 0.654. The van der Waals surface area contributed by atoms with Gasteiger partial charge in [-0.1, -0.05) is 0 Å². The molecule has 1 amide bonds. The van der Waals surface area contributed by atoms with E-state index in [-0.39, 0.29) is 18.6 Å². The summed E-state index contributed by atoms with van der Waals surface area (Å²) in [4.78, 5) is 18.6. The third-order valence-electron chi connectivity index (χ3n) is 4.13. The van der Waals surface area contributed by atoms with E-state index in [4.69, 9.17) is 10.8 Å². The van der Waals surface area contributed by atoms with Gasteiger partial charge in [-0.05, 0) is 12.8 Å². The number of aliphatic hydroxyl groups excluding tert-OH is 1. The highest BCUT2D eigenvalue weighted by atomic mass is 16.3. The number of nitrogens with zero attached hydrogens (tertiary/aromatic N) is 3. The lowest BCUT2D eigenvalue weighted by molar-refractivity contribution is -0.133. The number of hydrogen-bond acceptors (Lipinski definition) is 5. The second-order valence-electron chi connectivity index (χ2n) is 5.56. The Morgan fingerprint density at radius 1 is 1.05 bits per heavy atom. The van der Waals surface area contributed by atoms with E-state index in [9.17, 15) is 4.79 Å². The molecule has 0 radical (unpaired) electrons. The summed E-state index contributed by atoms with van der Waals surface area (Å²) in [7, 11) is 0. The predicted molar refractivity (Wildman–Crippen MR) is 73.8 cm³/mol. The molecule has 110 valence electrons. The van der Waals surface area contributed by atoms with Gasteiger partial charge >= 0.3 is 0 Å². The molecule has 2 rings (SSSR count). The van der Waals surface area contributed by atoms with E-state index in [1.807, 2.05) is 4.90 Å². The van der Waals surface area contributed by atoms with Crippen LogP contribution in [0.25, 0.3) is 0 Å². The Bertz CT molecular complexity index is 284. The van der Waals surface area contributed by atoms with Crippen LogP contribution in [0, 0.1) is 0 Å². The van der Waals surface area contributed by atoms with E-state index in [1.165, 1.54) is 0 Å². The van der Waals surface area contributed by atoms with Crippen molar-refractivity contribution in [2.45, 2.75) is 18.9 Å². The van der Waals surface area contributed by atoms with Gasteiger partial charge in [0.15, 0.2) is 0 Å². The van der Waals surface area contributed by atoms with Gasteiger partial charge in [0.1, 0.15) is 0 Å². The van der Waals surface area contributed by atoms with Gasteiger partial charge in [0, 0.05) is 51.9 Å². The topological polar surface area (TPSA) is 73.0 Å². The Kier molecular flexibility index (Phi) is 5.57. The number of likely N-dealkylation sites (tertiary alicyclic amines) is 1. The molecule has 2 aliphatic heterocycles. The van der Waals surface area contributed by atoms with Crippen LogP contribution < -0.4 is 5.73 Å². The number of carbonyl (C=O) groups is 1. The highest BCUT2D eigenvalue weighted by molar-refractivity contribution is 5.78. The third kappa shape index (κ3) is 4.42. The maximum Gasteiger partial charge on any atom is 0.236 e. The van der Waals surface area contributed by atoms with E-state index in [0.29, 0.717) is 6.54 Å². The SMILES string of the molecule is NC1CCN(C(=O)CN2CCN(CCO)CC2)CC1. The second-order valence-corrected chi connectivity index (χ2v) is 5.56. The van der Waals surface area contributed by atoms with Crippen LogP contribution in [-0.4, -0.2) is 90.7 Å². The molecule has 19 heavy (non-hydrogen) atoms. The van der Waals surface area contributed by atoms with E-state index in [2.05, 4.69) is 9.80 Å². The molecule has 0 atom stereocenters. The number of aliphatic hydroxyl groups is 1. The Labute approximate surface area is 115 Å². The molecule has 0 unspecified atom stereocenters. The fourth-order valence-electron chi connectivity index (χ4n) is 2.75. The minimum absolute atomic E-state index is 0.215. The molecule has 6 nitrogen and oxygen atoms in total. The maximum atomic E-state index is 12.2. The van der Waals surface area contributed by atoms with Crippen molar-refractivity contribution in [1.29, 1.82) is 0 Å². The Balaban J connectivity index is 1.69. The largest absolute Gasteiger partial charge is 0.395 e. The van der Waals surface area contributed by atoms with E-state index in [0.717, 1.165) is 58.7 Å². The fourth-order valence-corrected chi connectivity index (χ4v) is 2.75. The molecule has 2 saturated heterocycles. The zero-order chi connectivity index (χ0) is 13.7. The summed E-state index contributed by atoms with van der Waals surface area (Å²) >= 11 is 0. The number of nitrogens with two attached hydrogens (primary N) is 1. The van der Waals surface area contributed by atoms with Gasteiger partial charge in [-0.25, -0.2) is 0 Å². The summed E-state index contributed by atoms with van der Waals surface area (Å²) in [5.41, 5.74) is 5.85. The molecule has 0 aliphatic carbocycles. The van der Waals surface area contributed by atoms with Crippen LogP contribution in [0.5, 0.6) is 0 Å². The molecule has 2 fully saturated rings. The number of β-amino-alcohol motifs (C(OH)–C–C–N with tert-alkyl or cyclic N) is 1. The second kappa shape index (κ2) is 7.19.